The smallest absolute Gasteiger partial charge is 0.308 e. The van der Waals surface area contributed by atoms with Crippen LogP contribution in [0, 0.1) is 11.6 Å². The van der Waals surface area contributed by atoms with Gasteiger partial charge in [-0.2, -0.15) is 0 Å². The van der Waals surface area contributed by atoms with E-state index in [2.05, 4.69) is 26.6 Å². The fourth-order valence-corrected chi connectivity index (χ4v) is 1.86. The lowest BCUT2D eigenvalue weighted by Crippen LogP contribution is -2.20. The molecule has 0 atom stereocenters. The van der Waals surface area contributed by atoms with Crippen molar-refractivity contribution in [3.8, 4) is 0 Å². The van der Waals surface area contributed by atoms with Gasteiger partial charge in [0, 0.05) is 10.2 Å². The molecular formula is C13H9BrF2N2O. The first-order chi connectivity index (χ1) is 9.06. The molecule has 19 heavy (non-hydrogen) atoms. The molecule has 0 saturated carbocycles. The Hall–Kier alpha value is -1.95. The first kappa shape index (κ1) is 13.5. The standard InChI is InChI=1S/C13H9BrF2N2O/c14-8-6-10(15)12(11(16)7-8)18-13(19)17-9-4-2-1-3-5-9/h1-7H,(H2,17,18,19). The van der Waals surface area contributed by atoms with E-state index < -0.39 is 23.4 Å². The van der Waals surface area contributed by atoms with Crippen LogP contribution in [0.15, 0.2) is 46.9 Å². The number of hydrogen-bond acceptors (Lipinski definition) is 1. The van der Waals surface area contributed by atoms with Gasteiger partial charge in [0.15, 0.2) is 11.6 Å². The van der Waals surface area contributed by atoms with Gasteiger partial charge in [-0.1, -0.05) is 34.1 Å². The van der Waals surface area contributed by atoms with Gasteiger partial charge in [-0.05, 0) is 24.3 Å². The largest absolute Gasteiger partial charge is 0.323 e. The molecule has 0 heterocycles. The molecule has 3 nitrogen and oxygen atoms in total. The number of hydrogen-bond donors (Lipinski definition) is 2. The monoisotopic (exact) mass is 326 g/mol. The SMILES string of the molecule is O=C(Nc1ccccc1)Nc1c(F)cc(Br)cc1F. The van der Waals surface area contributed by atoms with Gasteiger partial charge in [0.2, 0.25) is 0 Å². The Kier molecular flexibility index (Phi) is 4.11. The van der Waals surface area contributed by atoms with Crippen LogP contribution in [0.5, 0.6) is 0 Å². The Morgan fingerprint density at radius 1 is 1.00 bits per heavy atom. The quantitative estimate of drug-likeness (QED) is 0.845. The van der Waals surface area contributed by atoms with E-state index in [4.69, 9.17) is 0 Å². The van der Waals surface area contributed by atoms with E-state index in [1.807, 2.05) is 0 Å². The fraction of sp³-hybridized carbons (Fsp3) is 0. The van der Waals surface area contributed by atoms with Gasteiger partial charge in [0.05, 0.1) is 0 Å². The van der Waals surface area contributed by atoms with Gasteiger partial charge in [-0.15, -0.1) is 0 Å². The maximum Gasteiger partial charge on any atom is 0.323 e. The second-order valence-electron chi connectivity index (χ2n) is 3.69. The van der Waals surface area contributed by atoms with Crippen molar-refractivity contribution >= 4 is 33.3 Å². The highest BCUT2D eigenvalue weighted by atomic mass is 79.9. The molecule has 0 unspecified atom stereocenters. The van der Waals surface area contributed by atoms with Crippen LogP contribution in [-0.4, -0.2) is 6.03 Å². The molecule has 0 bridgehead atoms. The second kappa shape index (κ2) is 5.79. The predicted molar refractivity (Wildman–Crippen MR) is 73.1 cm³/mol. The summed E-state index contributed by atoms with van der Waals surface area (Å²) < 4.78 is 27.3. The highest BCUT2D eigenvalue weighted by molar-refractivity contribution is 9.10. The number of anilines is 2. The summed E-state index contributed by atoms with van der Waals surface area (Å²) in [5.41, 5.74) is 0.0366. The van der Waals surface area contributed by atoms with Crippen molar-refractivity contribution in [3.63, 3.8) is 0 Å². The molecule has 6 heteroatoms. The maximum atomic E-state index is 13.5. The number of urea groups is 1. The van der Waals surface area contributed by atoms with Crippen molar-refractivity contribution in [1.82, 2.24) is 0 Å². The van der Waals surface area contributed by atoms with Gasteiger partial charge in [-0.25, -0.2) is 13.6 Å². The van der Waals surface area contributed by atoms with Crippen LogP contribution in [0.2, 0.25) is 0 Å². The highest BCUT2D eigenvalue weighted by Gasteiger charge is 2.13. The first-order valence-corrected chi connectivity index (χ1v) is 6.13. The number of rotatable bonds is 2. The zero-order chi connectivity index (χ0) is 13.8. The van der Waals surface area contributed by atoms with E-state index in [0.29, 0.717) is 5.69 Å². The van der Waals surface area contributed by atoms with Crippen molar-refractivity contribution in [1.29, 1.82) is 0 Å². The number of halogens is 3. The molecule has 0 aliphatic heterocycles. The Labute approximate surface area is 116 Å². The Bertz CT molecular complexity index is 582. The molecule has 0 spiro atoms. The molecule has 0 saturated heterocycles. The summed E-state index contributed by atoms with van der Waals surface area (Å²) in [7, 11) is 0. The predicted octanol–water partition coefficient (Wildman–Crippen LogP) is 4.37. The summed E-state index contributed by atoms with van der Waals surface area (Å²) in [5, 5.41) is 4.60. The molecule has 2 aromatic rings. The minimum absolute atomic E-state index is 0.261. The average molecular weight is 327 g/mol. The van der Waals surface area contributed by atoms with Crippen molar-refractivity contribution in [2.45, 2.75) is 0 Å². The van der Waals surface area contributed by atoms with Crippen LogP contribution < -0.4 is 10.6 Å². The Morgan fingerprint density at radius 3 is 2.16 bits per heavy atom. The van der Waals surface area contributed by atoms with Gasteiger partial charge >= 0.3 is 6.03 Å². The molecule has 2 N–H and O–H groups in total. The topological polar surface area (TPSA) is 41.1 Å². The Morgan fingerprint density at radius 2 is 1.58 bits per heavy atom. The molecule has 0 aliphatic rings. The first-order valence-electron chi connectivity index (χ1n) is 5.34. The average Bonchev–Trinajstić information content (AvgIpc) is 2.35. The minimum Gasteiger partial charge on any atom is -0.308 e. The number of carbonyl (C=O) groups excluding carboxylic acids is 1. The van der Waals surface area contributed by atoms with Crippen LogP contribution in [0.3, 0.4) is 0 Å². The molecule has 0 fully saturated rings. The van der Waals surface area contributed by atoms with E-state index >= 15 is 0 Å². The summed E-state index contributed by atoms with van der Waals surface area (Å²) in [6.07, 6.45) is 0. The lowest BCUT2D eigenvalue weighted by atomic mass is 10.3. The summed E-state index contributed by atoms with van der Waals surface area (Å²) in [5.74, 6) is -1.70. The van der Waals surface area contributed by atoms with Crippen molar-refractivity contribution in [3.05, 3.63) is 58.6 Å². The van der Waals surface area contributed by atoms with Crippen molar-refractivity contribution in [2.75, 3.05) is 10.6 Å². The fourth-order valence-electron chi connectivity index (χ4n) is 1.46. The summed E-state index contributed by atoms with van der Waals surface area (Å²) in [4.78, 5) is 11.6. The Balaban J connectivity index is 2.12. The maximum absolute atomic E-state index is 13.5. The molecule has 2 amide bonds. The zero-order valence-electron chi connectivity index (χ0n) is 9.58. The van der Waals surface area contributed by atoms with Crippen LogP contribution in [0.25, 0.3) is 0 Å². The number of para-hydroxylation sites is 1. The lowest BCUT2D eigenvalue weighted by Gasteiger charge is -2.09. The molecular weight excluding hydrogens is 318 g/mol. The number of amides is 2. The van der Waals surface area contributed by atoms with Gasteiger partial charge in [0.1, 0.15) is 5.69 Å². The van der Waals surface area contributed by atoms with E-state index in [-0.39, 0.29) is 4.47 Å². The minimum atomic E-state index is -0.852. The zero-order valence-corrected chi connectivity index (χ0v) is 11.2. The number of carbonyl (C=O) groups is 1. The third-order valence-electron chi connectivity index (χ3n) is 2.28. The number of nitrogens with one attached hydrogen (secondary N) is 2. The summed E-state index contributed by atoms with van der Waals surface area (Å²) >= 11 is 2.96. The molecule has 0 radical (unpaired) electrons. The van der Waals surface area contributed by atoms with E-state index in [0.717, 1.165) is 12.1 Å². The molecule has 0 aliphatic carbocycles. The molecule has 2 rings (SSSR count). The van der Waals surface area contributed by atoms with E-state index in [1.165, 1.54) is 0 Å². The van der Waals surface area contributed by atoms with Crippen LogP contribution in [-0.2, 0) is 0 Å². The highest BCUT2D eigenvalue weighted by Crippen LogP contribution is 2.23. The second-order valence-corrected chi connectivity index (χ2v) is 4.61. The van der Waals surface area contributed by atoms with Gasteiger partial charge in [0.25, 0.3) is 0 Å². The van der Waals surface area contributed by atoms with Gasteiger partial charge in [-0.3, -0.25) is 0 Å². The number of benzene rings is 2. The third kappa shape index (κ3) is 3.51. The van der Waals surface area contributed by atoms with Crippen LogP contribution in [0.1, 0.15) is 0 Å². The van der Waals surface area contributed by atoms with Crippen LogP contribution in [0.4, 0.5) is 25.0 Å². The molecule has 2 aromatic carbocycles. The normalized spacial score (nSPS) is 10.1. The third-order valence-corrected chi connectivity index (χ3v) is 2.73. The molecule has 0 aromatic heterocycles. The van der Waals surface area contributed by atoms with Gasteiger partial charge < -0.3 is 10.6 Å². The lowest BCUT2D eigenvalue weighted by molar-refractivity contribution is 0.262. The van der Waals surface area contributed by atoms with E-state index in [9.17, 15) is 13.6 Å². The summed E-state index contributed by atoms with van der Waals surface area (Å²) in [6.45, 7) is 0. The molecule has 98 valence electrons. The van der Waals surface area contributed by atoms with Crippen molar-refractivity contribution in [2.24, 2.45) is 0 Å². The summed E-state index contributed by atoms with van der Waals surface area (Å²) in [6, 6.07) is 10.0. The van der Waals surface area contributed by atoms with E-state index in [1.54, 1.807) is 30.3 Å². The van der Waals surface area contributed by atoms with Crippen LogP contribution >= 0.6 is 15.9 Å². The van der Waals surface area contributed by atoms with Crippen molar-refractivity contribution < 1.29 is 13.6 Å².